The van der Waals surface area contributed by atoms with Crippen LogP contribution in [0.2, 0.25) is 0 Å². The van der Waals surface area contributed by atoms with Crippen molar-refractivity contribution in [2.45, 2.75) is 32.4 Å². The molecule has 0 bridgehead atoms. The van der Waals surface area contributed by atoms with Gasteiger partial charge < -0.3 is 10.4 Å². The molecule has 0 saturated carbocycles. The number of nitrogens with zero attached hydrogens (tertiary/aromatic N) is 1. The molecule has 0 amide bonds. The average molecular weight is 333 g/mol. The summed E-state index contributed by atoms with van der Waals surface area (Å²) in [6.07, 6.45) is 2.54. The first-order valence-corrected chi connectivity index (χ1v) is 8.11. The van der Waals surface area contributed by atoms with Gasteiger partial charge in [-0.2, -0.15) is 0 Å². The van der Waals surface area contributed by atoms with E-state index in [1.54, 1.807) is 0 Å². The lowest BCUT2D eigenvalue weighted by atomic mass is 10.2. The molecule has 1 unspecified atom stereocenters. The van der Waals surface area contributed by atoms with E-state index in [0.29, 0.717) is 6.04 Å². The van der Waals surface area contributed by atoms with E-state index in [1.807, 2.05) is 11.3 Å². The third-order valence-electron chi connectivity index (χ3n) is 3.34. The summed E-state index contributed by atoms with van der Waals surface area (Å²) in [6.45, 7) is 6.24. The summed E-state index contributed by atoms with van der Waals surface area (Å²) in [7, 11) is 0. The maximum absolute atomic E-state index is 9.18. The summed E-state index contributed by atoms with van der Waals surface area (Å²) in [5, 5.41) is 12.7. The highest BCUT2D eigenvalue weighted by molar-refractivity contribution is 9.10. The predicted molar refractivity (Wildman–Crippen MR) is 80.1 cm³/mol. The Morgan fingerprint density at radius 1 is 1.61 bits per heavy atom. The van der Waals surface area contributed by atoms with E-state index in [9.17, 15) is 5.11 Å². The topological polar surface area (TPSA) is 35.5 Å². The molecular formula is C13H21BrN2OS. The standard InChI is InChI=1S/C13H21BrN2OS/c1-10-13(14)7-12(18-10)9-16(5-6-17)8-11-3-2-4-15-11/h7,11,15,17H,2-6,8-9H2,1H3. The van der Waals surface area contributed by atoms with Gasteiger partial charge in [0.1, 0.15) is 0 Å². The van der Waals surface area contributed by atoms with E-state index >= 15 is 0 Å². The molecule has 18 heavy (non-hydrogen) atoms. The molecule has 2 rings (SSSR count). The number of aryl methyl sites for hydroxylation is 1. The molecule has 1 aromatic rings. The summed E-state index contributed by atoms with van der Waals surface area (Å²) in [6, 6.07) is 2.80. The van der Waals surface area contributed by atoms with E-state index in [2.05, 4.69) is 39.1 Å². The number of hydrogen-bond acceptors (Lipinski definition) is 4. The summed E-state index contributed by atoms with van der Waals surface area (Å²) < 4.78 is 1.20. The van der Waals surface area contributed by atoms with E-state index in [0.717, 1.165) is 26.2 Å². The monoisotopic (exact) mass is 332 g/mol. The molecule has 0 aromatic carbocycles. The summed E-state index contributed by atoms with van der Waals surface area (Å²) in [5.74, 6) is 0. The molecule has 5 heteroatoms. The van der Waals surface area contributed by atoms with Crippen LogP contribution in [0.4, 0.5) is 0 Å². The minimum absolute atomic E-state index is 0.234. The number of hydrogen-bond donors (Lipinski definition) is 2. The molecule has 1 aliphatic rings. The minimum atomic E-state index is 0.234. The second kappa shape index (κ2) is 7.01. The molecule has 1 saturated heterocycles. The Morgan fingerprint density at radius 3 is 3.00 bits per heavy atom. The first-order chi connectivity index (χ1) is 8.69. The SMILES string of the molecule is Cc1sc(CN(CCO)CC2CCCN2)cc1Br. The van der Waals surface area contributed by atoms with Crippen molar-refractivity contribution in [2.24, 2.45) is 0 Å². The lowest BCUT2D eigenvalue weighted by Crippen LogP contribution is -2.38. The highest BCUT2D eigenvalue weighted by Gasteiger charge is 2.18. The van der Waals surface area contributed by atoms with E-state index in [-0.39, 0.29) is 6.61 Å². The lowest BCUT2D eigenvalue weighted by Gasteiger charge is -2.24. The van der Waals surface area contributed by atoms with Gasteiger partial charge in [0.25, 0.3) is 0 Å². The first-order valence-electron chi connectivity index (χ1n) is 6.50. The van der Waals surface area contributed by atoms with Crippen LogP contribution in [0.3, 0.4) is 0 Å². The van der Waals surface area contributed by atoms with Gasteiger partial charge in [0.15, 0.2) is 0 Å². The van der Waals surface area contributed by atoms with Crippen molar-refractivity contribution in [3.8, 4) is 0 Å². The molecule has 1 aromatic heterocycles. The summed E-state index contributed by atoms with van der Waals surface area (Å²) >= 11 is 5.40. The van der Waals surface area contributed by atoms with Crippen LogP contribution in [0.1, 0.15) is 22.6 Å². The maximum atomic E-state index is 9.18. The second-order valence-electron chi connectivity index (χ2n) is 4.87. The van der Waals surface area contributed by atoms with Gasteiger partial charge >= 0.3 is 0 Å². The third kappa shape index (κ3) is 4.03. The molecule has 0 spiro atoms. The van der Waals surface area contributed by atoms with Crippen molar-refractivity contribution >= 4 is 27.3 Å². The maximum Gasteiger partial charge on any atom is 0.0558 e. The van der Waals surface area contributed by atoms with Crippen molar-refractivity contribution in [1.82, 2.24) is 10.2 Å². The molecule has 1 atom stereocenters. The Kier molecular flexibility index (Phi) is 5.63. The van der Waals surface area contributed by atoms with Crippen molar-refractivity contribution in [3.05, 3.63) is 20.3 Å². The van der Waals surface area contributed by atoms with E-state index in [4.69, 9.17) is 0 Å². The highest BCUT2D eigenvalue weighted by Crippen LogP contribution is 2.27. The second-order valence-corrected chi connectivity index (χ2v) is 7.06. The smallest absolute Gasteiger partial charge is 0.0558 e. The Balaban J connectivity index is 1.92. The van der Waals surface area contributed by atoms with E-state index in [1.165, 1.54) is 27.1 Å². The average Bonchev–Trinajstić information content (AvgIpc) is 2.91. The number of aliphatic hydroxyl groups is 1. The van der Waals surface area contributed by atoms with Gasteiger partial charge in [-0.05, 0) is 48.3 Å². The van der Waals surface area contributed by atoms with Gasteiger partial charge in [-0.1, -0.05) is 0 Å². The zero-order chi connectivity index (χ0) is 13.0. The van der Waals surface area contributed by atoms with Gasteiger partial charge in [-0.15, -0.1) is 11.3 Å². The number of rotatable bonds is 6. The molecule has 0 aliphatic carbocycles. The van der Waals surface area contributed by atoms with Crippen LogP contribution in [0, 0.1) is 6.92 Å². The van der Waals surface area contributed by atoms with Gasteiger partial charge in [0.2, 0.25) is 0 Å². The number of aliphatic hydroxyl groups excluding tert-OH is 1. The van der Waals surface area contributed by atoms with Crippen molar-refractivity contribution in [3.63, 3.8) is 0 Å². The van der Waals surface area contributed by atoms with Gasteiger partial charge in [-0.25, -0.2) is 0 Å². The number of halogens is 1. The fourth-order valence-electron chi connectivity index (χ4n) is 2.42. The van der Waals surface area contributed by atoms with Crippen LogP contribution in [0.25, 0.3) is 0 Å². The van der Waals surface area contributed by atoms with Crippen LogP contribution in [-0.4, -0.2) is 42.3 Å². The summed E-state index contributed by atoms with van der Waals surface area (Å²) in [5.41, 5.74) is 0. The number of nitrogens with one attached hydrogen (secondary N) is 1. The Morgan fingerprint density at radius 2 is 2.44 bits per heavy atom. The lowest BCUT2D eigenvalue weighted by molar-refractivity contribution is 0.180. The number of thiophene rings is 1. The van der Waals surface area contributed by atoms with Crippen molar-refractivity contribution in [2.75, 3.05) is 26.2 Å². The molecule has 1 fully saturated rings. The fraction of sp³-hybridized carbons (Fsp3) is 0.692. The van der Waals surface area contributed by atoms with Gasteiger partial charge in [0.05, 0.1) is 6.61 Å². The predicted octanol–water partition coefficient (Wildman–Crippen LogP) is 2.37. The van der Waals surface area contributed by atoms with Gasteiger partial charge in [-0.3, -0.25) is 4.90 Å². The van der Waals surface area contributed by atoms with Gasteiger partial charge in [0, 0.05) is 39.9 Å². The molecular weight excluding hydrogens is 312 g/mol. The zero-order valence-electron chi connectivity index (χ0n) is 10.8. The Hall–Kier alpha value is 0.0600. The molecule has 2 N–H and O–H groups in total. The quantitative estimate of drug-likeness (QED) is 0.839. The molecule has 0 radical (unpaired) electrons. The first kappa shape index (κ1) is 14.5. The zero-order valence-corrected chi connectivity index (χ0v) is 13.2. The largest absolute Gasteiger partial charge is 0.395 e. The molecule has 3 nitrogen and oxygen atoms in total. The Labute approximate surface area is 121 Å². The normalized spacial score (nSPS) is 19.9. The van der Waals surface area contributed by atoms with Crippen LogP contribution in [0.5, 0.6) is 0 Å². The van der Waals surface area contributed by atoms with Crippen molar-refractivity contribution in [1.29, 1.82) is 0 Å². The minimum Gasteiger partial charge on any atom is -0.395 e. The van der Waals surface area contributed by atoms with Crippen molar-refractivity contribution < 1.29 is 5.11 Å². The van der Waals surface area contributed by atoms with Crippen LogP contribution >= 0.6 is 27.3 Å². The molecule has 2 heterocycles. The highest BCUT2D eigenvalue weighted by atomic mass is 79.9. The molecule has 102 valence electrons. The Bertz CT molecular complexity index is 358. The van der Waals surface area contributed by atoms with Crippen LogP contribution < -0.4 is 5.32 Å². The molecule has 1 aliphatic heterocycles. The van der Waals surface area contributed by atoms with E-state index < -0.39 is 0 Å². The summed E-state index contributed by atoms with van der Waals surface area (Å²) in [4.78, 5) is 5.04. The van der Waals surface area contributed by atoms with Crippen LogP contribution in [-0.2, 0) is 6.54 Å². The van der Waals surface area contributed by atoms with Crippen LogP contribution in [0.15, 0.2) is 10.5 Å². The fourth-order valence-corrected chi connectivity index (χ4v) is 4.06. The third-order valence-corrected chi connectivity index (χ3v) is 5.47.